The van der Waals surface area contributed by atoms with E-state index in [4.69, 9.17) is 32.7 Å². The number of methoxy groups -OCH3 is 1. The van der Waals surface area contributed by atoms with E-state index in [1.165, 1.54) is 0 Å². The summed E-state index contributed by atoms with van der Waals surface area (Å²) in [5.74, 6) is 1.06. The fourth-order valence-electron chi connectivity index (χ4n) is 2.05. The highest BCUT2D eigenvalue weighted by atomic mass is 35.5. The Hall–Kier alpha value is -1.65. The average Bonchev–Trinajstić information content (AvgIpc) is 2.55. The Labute approximate surface area is 146 Å². The summed E-state index contributed by atoms with van der Waals surface area (Å²) in [6.07, 6.45) is 3.37. The zero-order valence-electron chi connectivity index (χ0n) is 13.0. The normalized spacial score (nSPS) is 18.5. The maximum atomic E-state index is 12.1. The van der Waals surface area contributed by atoms with Gasteiger partial charge in [0.1, 0.15) is 11.5 Å². The molecule has 0 spiro atoms. The molecule has 2 unspecified atom stereocenters. The van der Waals surface area contributed by atoms with Gasteiger partial charge in [-0.3, -0.25) is 4.79 Å². The number of rotatable bonds is 6. The van der Waals surface area contributed by atoms with E-state index in [9.17, 15) is 4.79 Å². The average molecular weight is 356 g/mol. The van der Waals surface area contributed by atoms with Crippen molar-refractivity contribution >= 4 is 29.1 Å². The molecule has 2 atom stereocenters. The highest BCUT2D eigenvalue weighted by Gasteiger charge is 2.19. The summed E-state index contributed by atoms with van der Waals surface area (Å²) in [5.41, 5.74) is 0.978. The summed E-state index contributed by atoms with van der Waals surface area (Å²) < 4.78 is 10.7. The topological polar surface area (TPSA) is 47.6 Å². The second-order valence-electron chi connectivity index (χ2n) is 5.17. The largest absolute Gasteiger partial charge is 0.497 e. The highest BCUT2D eigenvalue weighted by Crippen LogP contribution is 2.27. The minimum Gasteiger partial charge on any atom is -0.497 e. The van der Waals surface area contributed by atoms with Crippen molar-refractivity contribution in [1.82, 2.24) is 5.32 Å². The summed E-state index contributed by atoms with van der Waals surface area (Å²) in [6, 6.07) is 7.49. The summed E-state index contributed by atoms with van der Waals surface area (Å²) >= 11 is 12.1. The fourth-order valence-corrected chi connectivity index (χ4v) is 2.63. The van der Waals surface area contributed by atoms with Gasteiger partial charge in [-0.25, -0.2) is 0 Å². The van der Waals surface area contributed by atoms with Crippen LogP contribution in [0.25, 0.3) is 0 Å². The molecule has 23 heavy (non-hydrogen) atoms. The number of alkyl halides is 1. The highest BCUT2D eigenvalue weighted by molar-refractivity contribution is 6.31. The van der Waals surface area contributed by atoms with Crippen molar-refractivity contribution in [3.63, 3.8) is 0 Å². The van der Waals surface area contributed by atoms with Crippen LogP contribution < -0.4 is 10.1 Å². The number of carbonyl (C=O) groups is 1. The van der Waals surface area contributed by atoms with Crippen LogP contribution in [0.5, 0.6) is 5.75 Å². The lowest BCUT2D eigenvalue weighted by Crippen LogP contribution is -2.34. The van der Waals surface area contributed by atoms with Crippen LogP contribution in [0.1, 0.15) is 18.9 Å². The van der Waals surface area contributed by atoms with E-state index >= 15 is 0 Å². The van der Waals surface area contributed by atoms with E-state index in [1.807, 2.05) is 24.3 Å². The Morgan fingerprint density at radius 1 is 1.39 bits per heavy atom. The van der Waals surface area contributed by atoms with E-state index in [1.54, 1.807) is 26.2 Å². The number of allylic oxidation sites excluding steroid dienone is 3. The van der Waals surface area contributed by atoms with E-state index in [0.717, 1.165) is 11.3 Å². The van der Waals surface area contributed by atoms with Crippen molar-refractivity contribution in [3.8, 4) is 5.75 Å². The predicted molar refractivity (Wildman–Crippen MR) is 91.7 cm³/mol. The number of ether oxygens (including phenoxy) is 2. The third-order valence-corrected chi connectivity index (χ3v) is 4.04. The number of carbonyl (C=O) groups excluding carboxylic acids is 1. The lowest BCUT2D eigenvalue weighted by molar-refractivity contribution is -0.129. The molecule has 0 heterocycles. The Balaban J connectivity index is 1.85. The summed E-state index contributed by atoms with van der Waals surface area (Å²) in [6.45, 7) is 2.10. The van der Waals surface area contributed by atoms with Gasteiger partial charge in [-0.15, -0.1) is 11.6 Å². The third kappa shape index (κ3) is 5.19. The molecule has 1 amide bonds. The van der Waals surface area contributed by atoms with Crippen molar-refractivity contribution in [3.05, 3.63) is 52.8 Å². The van der Waals surface area contributed by atoms with Crippen molar-refractivity contribution in [2.45, 2.75) is 31.4 Å². The Bertz CT molecular complexity index is 611. The van der Waals surface area contributed by atoms with Crippen molar-refractivity contribution in [2.24, 2.45) is 0 Å². The molecule has 1 aliphatic carbocycles. The summed E-state index contributed by atoms with van der Waals surface area (Å²) in [5, 5.41) is 3.23. The molecule has 6 heteroatoms. The molecule has 0 radical (unpaired) electrons. The first-order valence-electron chi connectivity index (χ1n) is 7.28. The quantitative estimate of drug-likeness (QED) is 0.790. The minimum absolute atomic E-state index is 0.131. The SMILES string of the molecule is COc1ccc(CNC(=O)C(C)OC2=C(Cl)CC(Cl)C=C2)cc1. The van der Waals surface area contributed by atoms with Gasteiger partial charge in [-0.2, -0.15) is 0 Å². The first-order valence-corrected chi connectivity index (χ1v) is 8.09. The van der Waals surface area contributed by atoms with E-state index in [2.05, 4.69) is 5.32 Å². The second-order valence-corrected chi connectivity index (χ2v) is 6.19. The van der Waals surface area contributed by atoms with Crippen LogP contribution in [-0.4, -0.2) is 24.5 Å². The number of hydrogen-bond acceptors (Lipinski definition) is 3. The first-order chi connectivity index (χ1) is 11.0. The lowest BCUT2D eigenvalue weighted by atomic mass is 10.1. The zero-order chi connectivity index (χ0) is 16.8. The molecule has 0 bridgehead atoms. The predicted octanol–water partition coefficient (Wildman–Crippen LogP) is 3.73. The number of benzene rings is 1. The van der Waals surface area contributed by atoms with Crippen molar-refractivity contribution in [2.75, 3.05) is 7.11 Å². The number of hydrogen-bond donors (Lipinski definition) is 1. The van der Waals surface area contributed by atoms with Crippen LogP contribution in [0.3, 0.4) is 0 Å². The molecule has 2 rings (SSSR count). The van der Waals surface area contributed by atoms with Gasteiger partial charge in [0.25, 0.3) is 5.91 Å². The molecule has 0 aliphatic heterocycles. The third-order valence-electron chi connectivity index (χ3n) is 3.40. The number of amides is 1. The van der Waals surface area contributed by atoms with Gasteiger partial charge in [0.05, 0.1) is 17.5 Å². The lowest BCUT2D eigenvalue weighted by Gasteiger charge is -2.19. The van der Waals surface area contributed by atoms with Crippen molar-refractivity contribution < 1.29 is 14.3 Å². The second kappa shape index (κ2) is 8.27. The molecule has 0 aromatic heterocycles. The molecule has 0 saturated carbocycles. The minimum atomic E-state index is -0.645. The van der Waals surface area contributed by atoms with Gasteiger partial charge in [0, 0.05) is 13.0 Å². The van der Waals surface area contributed by atoms with Gasteiger partial charge in [-0.05, 0) is 30.7 Å². The first kappa shape index (κ1) is 17.7. The van der Waals surface area contributed by atoms with Crippen molar-refractivity contribution in [1.29, 1.82) is 0 Å². The Kier molecular flexibility index (Phi) is 6.37. The van der Waals surface area contributed by atoms with Crippen LogP contribution in [-0.2, 0) is 16.1 Å². The molecule has 1 N–H and O–H groups in total. The number of halogens is 2. The molecule has 1 aliphatic rings. The molecule has 0 fully saturated rings. The Morgan fingerprint density at radius 2 is 2.09 bits per heavy atom. The zero-order valence-corrected chi connectivity index (χ0v) is 14.5. The molecule has 4 nitrogen and oxygen atoms in total. The van der Waals surface area contributed by atoms with Gasteiger partial charge >= 0.3 is 0 Å². The van der Waals surface area contributed by atoms with Gasteiger partial charge in [-0.1, -0.05) is 29.8 Å². The van der Waals surface area contributed by atoms with Crippen LogP contribution in [0.4, 0.5) is 0 Å². The summed E-state index contributed by atoms with van der Waals surface area (Å²) in [7, 11) is 1.61. The Morgan fingerprint density at radius 3 is 2.70 bits per heavy atom. The van der Waals surface area contributed by atoms with Gasteiger partial charge < -0.3 is 14.8 Å². The fraction of sp³-hybridized carbons (Fsp3) is 0.353. The molecule has 1 aromatic rings. The van der Waals surface area contributed by atoms with Gasteiger partial charge in [0.2, 0.25) is 0 Å². The maximum absolute atomic E-state index is 12.1. The van der Waals surface area contributed by atoms with E-state index in [0.29, 0.717) is 23.8 Å². The molecule has 0 saturated heterocycles. The van der Waals surface area contributed by atoms with Crippen LogP contribution in [0.15, 0.2) is 47.2 Å². The monoisotopic (exact) mass is 355 g/mol. The molecular weight excluding hydrogens is 337 g/mol. The van der Waals surface area contributed by atoms with E-state index < -0.39 is 6.10 Å². The number of nitrogens with one attached hydrogen (secondary N) is 1. The maximum Gasteiger partial charge on any atom is 0.261 e. The van der Waals surface area contributed by atoms with Crippen LogP contribution >= 0.6 is 23.2 Å². The van der Waals surface area contributed by atoms with Crippen LogP contribution in [0.2, 0.25) is 0 Å². The van der Waals surface area contributed by atoms with E-state index in [-0.39, 0.29) is 11.3 Å². The standard InChI is InChI=1S/C17H19Cl2NO3/c1-11(23-16-8-5-13(18)9-15(16)19)17(21)20-10-12-3-6-14(22-2)7-4-12/h3-8,11,13H,9-10H2,1-2H3,(H,20,21). The van der Waals surface area contributed by atoms with Gasteiger partial charge in [0.15, 0.2) is 6.10 Å². The molecule has 124 valence electrons. The summed E-state index contributed by atoms with van der Waals surface area (Å²) in [4.78, 5) is 12.1. The molecule has 1 aromatic carbocycles. The van der Waals surface area contributed by atoms with Crippen LogP contribution in [0, 0.1) is 0 Å². The smallest absolute Gasteiger partial charge is 0.261 e. The molecular formula is C17H19Cl2NO3.